The molecule has 104 valence electrons. The summed E-state index contributed by atoms with van der Waals surface area (Å²) in [5.74, 6) is 0.723. The number of carbonyl (C=O) groups is 1. The molecule has 0 amide bonds. The van der Waals surface area contributed by atoms with Crippen LogP contribution in [0.15, 0.2) is 30.3 Å². The van der Waals surface area contributed by atoms with E-state index >= 15 is 0 Å². The molecule has 3 rings (SSSR count). The Hall–Kier alpha value is -1.90. The largest absolute Gasteiger partial charge is 0.287 e. The number of ketones is 1. The lowest BCUT2D eigenvalue weighted by Crippen LogP contribution is -2.11. The molecule has 0 radical (unpaired) electrons. The van der Waals surface area contributed by atoms with Gasteiger partial charge in [-0.05, 0) is 42.9 Å². The van der Waals surface area contributed by atoms with E-state index in [0.717, 1.165) is 17.7 Å². The van der Waals surface area contributed by atoms with Gasteiger partial charge in [-0.1, -0.05) is 31.5 Å². The molecule has 0 bridgehead atoms. The van der Waals surface area contributed by atoms with Gasteiger partial charge < -0.3 is 0 Å². The number of nitrogens with zero attached hydrogens (tertiary/aromatic N) is 2. The number of hydrogen-bond donors (Lipinski definition) is 0. The maximum atomic E-state index is 12.6. The third kappa shape index (κ3) is 2.28. The Labute approximate surface area is 119 Å². The van der Waals surface area contributed by atoms with Crippen LogP contribution in [0.1, 0.15) is 59.4 Å². The number of hydrogen-bond acceptors (Lipinski definition) is 2. The first kappa shape index (κ1) is 13.1. The first-order chi connectivity index (χ1) is 9.69. The summed E-state index contributed by atoms with van der Waals surface area (Å²) in [6, 6.07) is 10.0. The Bertz CT molecular complexity index is 638. The first-order valence-corrected chi connectivity index (χ1v) is 7.36. The Morgan fingerprint density at radius 2 is 2.15 bits per heavy atom. The average molecular weight is 268 g/mol. The fourth-order valence-electron chi connectivity index (χ4n) is 2.74. The molecule has 0 saturated heterocycles. The van der Waals surface area contributed by atoms with Crippen LogP contribution < -0.4 is 0 Å². The van der Waals surface area contributed by atoms with Crippen molar-refractivity contribution >= 4 is 5.78 Å². The van der Waals surface area contributed by atoms with Gasteiger partial charge in [0.25, 0.3) is 0 Å². The second-order valence-corrected chi connectivity index (χ2v) is 5.58. The van der Waals surface area contributed by atoms with E-state index < -0.39 is 0 Å². The molecule has 1 heterocycles. The quantitative estimate of drug-likeness (QED) is 0.796. The van der Waals surface area contributed by atoms with Crippen LogP contribution in [0.5, 0.6) is 0 Å². The first-order valence-electron chi connectivity index (χ1n) is 7.36. The van der Waals surface area contributed by atoms with E-state index in [-0.39, 0.29) is 5.78 Å². The molecule has 1 aromatic carbocycles. The molecule has 1 saturated carbocycles. The molecule has 3 nitrogen and oxygen atoms in total. The van der Waals surface area contributed by atoms with Crippen molar-refractivity contribution in [2.24, 2.45) is 7.05 Å². The lowest BCUT2D eigenvalue weighted by Gasteiger charge is -2.26. The van der Waals surface area contributed by atoms with Crippen LogP contribution in [-0.2, 0) is 13.5 Å². The van der Waals surface area contributed by atoms with Gasteiger partial charge in [0.1, 0.15) is 5.69 Å². The third-order valence-corrected chi connectivity index (χ3v) is 4.25. The van der Waals surface area contributed by atoms with Gasteiger partial charge in [-0.25, -0.2) is 0 Å². The molecule has 2 aromatic rings. The molecule has 0 N–H and O–H groups in total. The van der Waals surface area contributed by atoms with E-state index in [1.165, 1.54) is 24.8 Å². The van der Waals surface area contributed by atoms with Gasteiger partial charge in [-0.15, -0.1) is 0 Å². The van der Waals surface area contributed by atoms with Gasteiger partial charge in [0, 0.05) is 12.6 Å². The SMILES string of the molecule is CCc1cc(C(=O)c2cccc(C3CCC3)c2)n(C)n1. The lowest BCUT2D eigenvalue weighted by molar-refractivity contribution is 0.103. The minimum atomic E-state index is 0.0703. The number of carbonyl (C=O) groups excluding carboxylic acids is 1. The second-order valence-electron chi connectivity index (χ2n) is 5.58. The molecule has 1 fully saturated rings. The Morgan fingerprint density at radius 3 is 2.75 bits per heavy atom. The van der Waals surface area contributed by atoms with E-state index in [2.05, 4.69) is 17.2 Å². The van der Waals surface area contributed by atoms with Gasteiger partial charge in [0.2, 0.25) is 5.78 Å². The van der Waals surface area contributed by atoms with Crippen molar-refractivity contribution in [1.29, 1.82) is 0 Å². The van der Waals surface area contributed by atoms with E-state index in [1.54, 1.807) is 4.68 Å². The predicted octanol–water partition coefficient (Wildman–Crippen LogP) is 3.48. The Morgan fingerprint density at radius 1 is 1.35 bits per heavy atom. The summed E-state index contributed by atoms with van der Waals surface area (Å²) >= 11 is 0. The number of benzene rings is 1. The van der Waals surface area contributed by atoms with Crippen LogP contribution >= 0.6 is 0 Å². The zero-order valence-corrected chi connectivity index (χ0v) is 12.1. The second kappa shape index (κ2) is 5.23. The summed E-state index contributed by atoms with van der Waals surface area (Å²) in [4.78, 5) is 12.6. The maximum absolute atomic E-state index is 12.6. The standard InChI is InChI=1S/C17H20N2O/c1-3-15-11-16(19(2)18-15)17(20)14-9-5-8-13(10-14)12-6-4-7-12/h5,8-12H,3-4,6-7H2,1-2H3. The summed E-state index contributed by atoms with van der Waals surface area (Å²) in [7, 11) is 1.84. The van der Waals surface area contributed by atoms with Gasteiger partial charge in [-0.3, -0.25) is 9.48 Å². The monoisotopic (exact) mass is 268 g/mol. The fourth-order valence-corrected chi connectivity index (χ4v) is 2.74. The normalized spacial score (nSPS) is 15.1. The van der Waals surface area contributed by atoms with Crippen LogP contribution in [0.2, 0.25) is 0 Å². The van der Waals surface area contributed by atoms with Crippen molar-refractivity contribution in [1.82, 2.24) is 9.78 Å². The fraction of sp³-hybridized carbons (Fsp3) is 0.412. The lowest BCUT2D eigenvalue weighted by atomic mass is 9.79. The van der Waals surface area contributed by atoms with Gasteiger partial charge in [0.05, 0.1) is 5.69 Å². The molecule has 1 aromatic heterocycles. The average Bonchev–Trinajstić information content (AvgIpc) is 2.77. The summed E-state index contributed by atoms with van der Waals surface area (Å²) in [5, 5.41) is 4.36. The highest BCUT2D eigenvalue weighted by molar-refractivity contribution is 6.08. The van der Waals surface area contributed by atoms with Crippen molar-refractivity contribution in [2.75, 3.05) is 0 Å². The van der Waals surface area contributed by atoms with Gasteiger partial charge in [0.15, 0.2) is 0 Å². The Balaban J connectivity index is 1.91. The molecule has 0 unspecified atom stereocenters. The number of aryl methyl sites for hydroxylation is 2. The highest BCUT2D eigenvalue weighted by Crippen LogP contribution is 2.36. The summed E-state index contributed by atoms with van der Waals surface area (Å²) in [5.41, 5.74) is 3.72. The Kier molecular flexibility index (Phi) is 3.43. The highest BCUT2D eigenvalue weighted by atomic mass is 16.1. The van der Waals surface area contributed by atoms with E-state index in [4.69, 9.17) is 0 Å². The summed E-state index contributed by atoms with van der Waals surface area (Å²) < 4.78 is 1.69. The summed E-state index contributed by atoms with van der Waals surface area (Å²) in [6.07, 6.45) is 4.67. The molecule has 1 aliphatic rings. The van der Waals surface area contributed by atoms with E-state index in [1.807, 2.05) is 32.2 Å². The van der Waals surface area contributed by atoms with Crippen LogP contribution in [0, 0.1) is 0 Å². The maximum Gasteiger partial charge on any atom is 0.211 e. The van der Waals surface area contributed by atoms with Crippen LogP contribution in [0.3, 0.4) is 0 Å². The molecule has 0 aliphatic heterocycles. The minimum absolute atomic E-state index is 0.0703. The van der Waals surface area contributed by atoms with Crippen molar-refractivity contribution < 1.29 is 4.79 Å². The van der Waals surface area contributed by atoms with Crippen LogP contribution in [0.4, 0.5) is 0 Å². The van der Waals surface area contributed by atoms with Crippen molar-refractivity contribution in [3.8, 4) is 0 Å². The third-order valence-electron chi connectivity index (χ3n) is 4.25. The van der Waals surface area contributed by atoms with Crippen LogP contribution in [-0.4, -0.2) is 15.6 Å². The zero-order valence-electron chi connectivity index (χ0n) is 12.1. The number of aromatic nitrogens is 2. The minimum Gasteiger partial charge on any atom is -0.287 e. The number of rotatable bonds is 4. The van der Waals surface area contributed by atoms with Gasteiger partial charge in [-0.2, -0.15) is 5.10 Å². The molecule has 3 heteroatoms. The molecule has 0 atom stereocenters. The summed E-state index contributed by atoms with van der Waals surface area (Å²) in [6.45, 7) is 2.05. The van der Waals surface area contributed by atoms with E-state index in [9.17, 15) is 4.79 Å². The molecule has 1 aliphatic carbocycles. The molecular formula is C17H20N2O. The molecule has 20 heavy (non-hydrogen) atoms. The smallest absolute Gasteiger partial charge is 0.211 e. The predicted molar refractivity (Wildman–Crippen MR) is 79.1 cm³/mol. The van der Waals surface area contributed by atoms with Crippen molar-refractivity contribution in [3.63, 3.8) is 0 Å². The zero-order chi connectivity index (χ0) is 14.1. The van der Waals surface area contributed by atoms with Gasteiger partial charge >= 0.3 is 0 Å². The topological polar surface area (TPSA) is 34.9 Å². The molecular weight excluding hydrogens is 248 g/mol. The highest BCUT2D eigenvalue weighted by Gasteiger charge is 2.21. The van der Waals surface area contributed by atoms with Crippen LogP contribution in [0.25, 0.3) is 0 Å². The van der Waals surface area contributed by atoms with Crippen molar-refractivity contribution in [3.05, 3.63) is 52.8 Å². The molecule has 0 spiro atoms. The van der Waals surface area contributed by atoms with E-state index in [0.29, 0.717) is 11.6 Å². The van der Waals surface area contributed by atoms with Crippen molar-refractivity contribution in [2.45, 2.75) is 38.5 Å².